The Bertz CT molecular complexity index is 507. The lowest BCUT2D eigenvalue weighted by Gasteiger charge is -2.37. The first-order valence-electron chi connectivity index (χ1n) is 6.96. The molecule has 0 aliphatic carbocycles. The molecule has 1 aromatic carbocycles. The third kappa shape index (κ3) is 2.74. The van der Waals surface area contributed by atoms with Crippen LogP contribution >= 0.6 is 11.6 Å². The van der Waals surface area contributed by atoms with Crippen LogP contribution in [0.1, 0.15) is 41.0 Å². The van der Waals surface area contributed by atoms with Crippen LogP contribution in [0.2, 0.25) is 5.02 Å². The van der Waals surface area contributed by atoms with Crippen molar-refractivity contribution in [3.05, 3.63) is 29.0 Å². The molecule has 5 heteroatoms. The second-order valence-corrected chi connectivity index (χ2v) is 6.96. The third-order valence-electron chi connectivity index (χ3n) is 4.08. The van der Waals surface area contributed by atoms with Gasteiger partial charge >= 0.3 is 7.12 Å². The molecule has 0 saturated carbocycles. The number of hydrogen-bond acceptors (Lipinski definition) is 2. The van der Waals surface area contributed by atoms with Gasteiger partial charge in [0.25, 0.3) is 0 Å². The van der Waals surface area contributed by atoms with Crippen molar-refractivity contribution >= 4 is 24.2 Å². The van der Waals surface area contributed by atoms with Gasteiger partial charge in [0.1, 0.15) is 5.82 Å². The van der Waals surface area contributed by atoms with Crippen LogP contribution in [0.4, 0.5) is 4.39 Å². The van der Waals surface area contributed by atoms with E-state index >= 15 is 0 Å². The molecule has 1 aliphatic rings. The molecule has 0 N–H and O–H groups in total. The van der Waals surface area contributed by atoms with E-state index in [0.717, 1.165) is 6.42 Å². The van der Waals surface area contributed by atoms with Gasteiger partial charge in [0.05, 0.1) is 16.2 Å². The van der Waals surface area contributed by atoms with Gasteiger partial charge in [-0.3, -0.25) is 0 Å². The lowest BCUT2D eigenvalue weighted by Crippen LogP contribution is -2.45. The summed E-state index contributed by atoms with van der Waals surface area (Å²) in [5.74, 6) is -0.00500. The van der Waals surface area contributed by atoms with Crippen LogP contribution < -0.4 is 5.46 Å². The molecule has 1 aromatic rings. The van der Waals surface area contributed by atoms with Gasteiger partial charge in [-0.15, -0.1) is 0 Å². The average molecular weight is 299 g/mol. The predicted molar refractivity (Wildman–Crippen MR) is 80.9 cm³/mol. The zero-order chi connectivity index (χ0) is 15.1. The van der Waals surface area contributed by atoms with Crippen molar-refractivity contribution in [1.29, 1.82) is 0 Å². The minimum absolute atomic E-state index is 0.0879. The Morgan fingerprint density at radius 2 is 1.90 bits per heavy atom. The Hall–Kier alpha value is -0.575. The normalized spacial score (nSPS) is 25.5. The van der Waals surface area contributed by atoms with Crippen LogP contribution in [0, 0.1) is 11.7 Å². The zero-order valence-corrected chi connectivity index (χ0v) is 13.4. The topological polar surface area (TPSA) is 18.5 Å². The summed E-state index contributed by atoms with van der Waals surface area (Å²) < 4.78 is 26.2. The van der Waals surface area contributed by atoms with Gasteiger partial charge in [-0.2, -0.15) is 0 Å². The summed E-state index contributed by atoms with van der Waals surface area (Å²) in [7, 11) is -0.715. The van der Waals surface area contributed by atoms with Crippen molar-refractivity contribution in [1.82, 2.24) is 0 Å². The number of hydrogen-bond donors (Lipinski definition) is 0. The first-order chi connectivity index (χ1) is 9.16. The molecule has 110 valence electrons. The Kier molecular flexibility index (Phi) is 4.21. The fourth-order valence-corrected chi connectivity index (χ4v) is 2.88. The molecule has 20 heavy (non-hydrogen) atoms. The molecule has 1 aliphatic heterocycles. The van der Waals surface area contributed by atoms with Gasteiger partial charge in [-0.1, -0.05) is 37.6 Å². The van der Waals surface area contributed by atoms with Gasteiger partial charge in [-0.25, -0.2) is 4.39 Å². The molecular formula is C15H21BClFO2. The number of benzene rings is 1. The molecule has 1 unspecified atom stereocenters. The van der Waals surface area contributed by atoms with Gasteiger partial charge in [-0.05, 0) is 39.2 Å². The lowest BCUT2D eigenvalue weighted by atomic mass is 9.78. The van der Waals surface area contributed by atoms with Crippen LogP contribution in [0.15, 0.2) is 18.2 Å². The second kappa shape index (κ2) is 5.32. The summed E-state index contributed by atoms with van der Waals surface area (Å²) in [6, 6.07) is 4.88. The molecule has 0 amide bonds. The first kappa shape index (κ1) is 15.8. The van der Waals surface area contributed by atoms with E-state index in [-0.39, 0.29) is 5.02 Å². The van der Waals surface area contributed by atoms with E-state index in [1.165, 1.54) is 6.07 Å². The van der Waals surface area contributed by atoms with E-state index in [0.29, 0.717) is 11.4 Å². The maximum absolute atomic E-state index is 14.1. The van der Waals surface area contributed by atoms with E-state index in [4.69, 9.17) is 20.9 Å². The van der Waals surface area contributed by atoms with Crippen LogP contribution in [0.25, 0.3) is 0 Å². The Labute approximate surface area is 125 Å². The average Bonchev–Trinajstić information content (AvgIpc) is 2.52. The summed E-state index contributed by atoms with van der Waals surface area (Å²) in [4.78, 5) is 0. The van der Waals surface area contributed by atoms with Crippen molar-refractivity contribution in [2.24, 2.45) is 5.92 Å². The van der Waals surface area contributed by atoms with E-state index < -0.39 is 24.1 Å². The quantitative estimate of drug-likeness (QED) is 0.790. The third-order valence-corrected chi connectivity index (χ3v) is 4.37. The van der Waals surface area contributed by atoms with Crippen molar-refractivity contribution in [3.8, 4) is 0 Å². The minimum atomic E-state index is -0.715. The second-order valence-electron chi connectivity index (χ2n) is 6.55. The summed E-state index contributed by atoms with van der Waals surface area (Å²) >= 11 is 5.83. The summed E-state index contributed by atoms with van der Waals surface area (Å²) in [5, 5.41) is 0.0879. The van der Waals surface area contributed by atoms with Crippen LogP contribution in [-0.4, -0.2) is 18.3 Å². The maximum atomic E-state index is 14.1. The highest BCUT2D eigenvalue weighted by Crippen LogP contribution is 2.41. The zero-order valence-electron chi connectivity index (χ0n) is 12.7. The molecule has 2 rings (SSSR count). The number of halogens is 2. The molecular weight excluding hydrogens is 277 g/mol. The summed E-state index contributed by atoms with van der Waals surface area (Å²) in [6.45, 7) is 10.3. The Morgan fingerprint density at radius 1 is 1.25 bits per heavy atom. The molecule has 2 nitrogen and oxygen atoms in total. The van der Waals surface area contributed by atoms with Gasteiger partial charge < -0.3 is 9.31 Å². The summed E-state index contributed by atoms with van der Waals surface area (Å²) in [6.07, 6.45) is 0.846. The molecule has 1 atom stereocenters. The van der Waals surface area contributed by atoms with E-state index in [1.54, 1.807) is 12.1 Å². The van der Waals surface area contributed by atoms with Crippen molar-refractivity contribution in [2.75, 3.05) is 0 Å². The minimum Gasteiger partial charge on any atom is -0.399 e. The smallest absolute Gasteiger partial charge is 0.399 e. The fraction of sp³-hybridized carbons (Fsp3) is 0.600. The molecule has 1 fully saturated rings. The lowest BCUT2D eigenvalue weighted by molar-refractivity contribution is -0.0239. The Balaban J connectivity index is 2.32. The standard InChI is InChI=1S/C15H21BClFO2/c1-10(2)9-15(5)14(3,4)19-16(20-15)11-7-6-8-12(17)13(11)18/h6-8,10H,9H2,1-5H3. The molecule has 0 aromatic heterocycles. The van der Waals surface area contributed by atoms with Crippen molar-refractivity contribution < 1.29 is 13.7 Å². The highest BCUT2D eigenvalue weighted by atomic mass is 35.5. The largest absolute Gasteiger partial charge is 0.497 e. The maximum Gasteiger partial charge on any atom is 0.497 e. The van der Waals surface area contributed by atoms with E-state index in [2.05, 4.69) is 13.8 Å². The van der Waals surface area contributed by atoms with Crippen molar-refractivity contribution in [2.45, 2.75) is 52.2 Å². The first-order valence-corrected chi connectivity index (χ1v) is 7.33. The molecule has 0 bridgehead atoms. The number of rotatable bonds is 3. The van der Waals surface area contributed by atoms with Gasteiger partial charge in [0.2, 0.25) is 0 Å². The van der Waals surface area contributed by atoms with Gasteiger partial charge in [0, 0.05) is 5.46 Å². The Morgan fingerprint density at radius 3 is 2.50 bits per heavy atom. The molecule has 0 spiro atoms. The molecule has 1 saturated heterocycles. The SMILES string of the molecule is CC(C)CC1(C)OB(c2cccc(Cl)c2F)OC1(C)C. The van der Waals surface area contributed by atoms with E-state index in [9.17, 15) is 4.39 Å². The predicted octanol–water partition coefficient (Wildman–Crippen LogP) is 3.80. The van der Waals surface area contributed by atoms with Gasteiger partial charge in [0.15, 0.2) is 0 Å². The van der Waals surface area contributed by atoms with Crippen molar-refractivity contribution in [3.63, 3.8) is 0 Å². The van der Waals surface area contributed by atoms with E-state index in [1.807, 2.05) is 20.8 Å². The molecule has 0 radical (unpaired) electrons. The fourth-order valence-electron chi connectivity index (χ4n) is 2.70. The molecule has 1 heterocycles. The van der Waals surface area contributed by atoms with Crippen LogP contribution in [-0.2, 0) is 9.31 Å². The summed E-state index contributed by atoms with van der Waals surface area (Å²) in [5.41, 5.74) is -0.588. The monoisotopic (exact) mass is 298 g/mol. The highest BCUT2D eigenvalue weighted by Gasteiger charge is 2.55. The van der Waals surface area contributed by atoms with Crippen LogP contribution in [0.5, 0.6) is 0 Å². The highest BCUT2D eigenvalue weighted by molar-refractivity contribution is 6.62. The van der Waals surface area contributed by atoms with Crippen LogP contribution in [0.3, 0.4) is 0 Å².